The van der Waals surface area contributed by atoms with Crippen LogP contribution in [0.5, 0.6) is 5.75 Å². The van der Waals surface area contributed by atoms with Gasteiger partial charge in [-0.3, -0.25) is 9.59 Å². The molecule has 0 spiro atoms. The van der Waals surface area contributed by atoms with Gasteiger partial charge in [0.15, 0.2) is 5.69 Å². The molecule has 0 aliphatic heterocycles. The first-order valence-corrected chi connectivity index (χ1v) is 7.98. The van der Waals surface area contributed by atoms with Crippen LogP contribution in [0, 0.1) is 6.92 Å². The Kier molecular flexibility index (Phi) is 4.79. The molecule has 1 amide bonds. The van der Waals surface area contributed by atoms with Gasteiger partial charge in [0.25, 0.3) is 11.5 Å². The average molecular weight is 337 g/mol. The lowest BCUT2D eigenvalue weighted by Gasteiger charge is -2.17. The third-order valence-corrected chi connectivity index (χ3v) is 3.96. The van der Waals surface area contributed by atoms with Gasteiger partial charge >= 0.3 is 0 Å². The number of hydrogen-bond donors (Lipinski definition) is 1. The number of likely N-dealkylation sites (N-methyl/N-ethyl adjacent to an activating group) is 1. The predicted molar refractivity (Wildman–Crippen MR) is 96.0 cm³/mol. The molecule has 0 saturated carbocycles. The van der Waals surface area contributed by atoms with Crippen LogP contribution in [0.15, 0.2) is 53.3 Å². The number of hydrogen-bond acceptors (Lipinski definition) is 4. The van der Waals surface area contributed by atoms with Crippen molar-refractivity contribution in [3.05, 3.63) is 70.1 Å². The van der Waals surface area contributed by atoms with Gasteiger partial charge < -0.3 is 9.64 Å². The van der Waals surface area contributed by atoms with E-state index in [0.29, 0.717) is 23.9 Å². The van der Waals surface area contributed by atoms with E-state index in [1.54, 1.807) is 31.3 Å². The fraction of sp³-hybridized carbons (Fsp3) is 0.211. The van der Waals surface area contributed by atoms with E-state index in [1.807, 2.05) is 31.2 Å². The van der Waals surface area contributed by atoms with E-state index in [4.69, 9.17) is 4.74 Å². The number of carbonyl (C=O) groups is 1. The fourth-order valence-corrected chi connectivity index (χ4v) is 2.50. The van der Waals surface area contributed by atoms with Crippen molar-refractivity contribution in [2.24, 2.45) is 0 Å². The highest BCUT2D eigenvalue weighted by atomic mass is 16.5. The van der Waals surface area contributed by atoms with Crippen molar-refractivity contribution in [3.63, 3.8) is 0 Å². The maximum Gasteiger partial charge on any atom is 0.274 e. The number of amides is 1. The van der Waals surface area contributed by atoms with E-state index >= 15 is 0 Å². The van der Waals surface area contributed by atoms with Crippen molar-refractivity contribution in [1.82, 2.24) is 15.1 Å². The van der Waals surface area contributed by atoms with Crippen LogP contribution in [-0.2, 0) is 0 Å². The third-order valence-electron chi connectivity index (χ3n) is 3.96. The fourth-order valence-electron chi connectivity index (χ4n) is 2.50. The molecule has 3 rings (SSSR count). The normalized spacial score (nSPS) is 10.6. The number of ether oxygens (including phenoxy) is 1. The molecule has 0 saturated heterocycles. The van der Waals surface area contributed by atoms with Crippen LogP contribution >= 0.6 is 0 Å². The SMILES string of the molecule is Cc1ccc(OCCN(C)C(=O)c2n[nH]c(=O)c3ccccc23)cc1. The van der Waals surface area contributed by atoms with Crippen LogP contribution in [0.25, 0.3) is 10.8 Å². The molecule has 1 N–H and O–H groups in total. The van der Waals surface area contributed by atoms with Crippen molar-refractivity contribution >= 4 is 16.7 Å². The lowest BCUT2D eigenvalue weighted by atomic mass is 10.1. The summed E-state index contributed by atoms with van der Waals surface area (Å²) in [6.07, 6.45) is 0. The Hall–Kier alpha value is -3.15. The maximum atomic E-state index is 12.6. The largest absolute Gasteiger partial charge is 0.492 e. The quantitative estimate of drug-likeness (QED) is 0.776. The van der Waals surface area contributed by atoms with E-state index in [-0.39, 0.29) is 17.2 Å². The van der Waals surface area contributed by atoms with Gasteiger partial charge in [-0.25, -0.2) is 5.10 Å². The summed E-state index contributed by atoms with van der Waals surface area (Å²) in [5, 5.41) is 7.31. The van der Waals surface area contributed by atoms with Crippen molar-refractivity contribution < 1.29 is 9.53 Å². The van der Waals surface area contributed by atoms with Crippen LogP contribution in [0.3, 0.4) is 0 Å². The number of nitrogens with one attached hydrogen (secondary N) is 1. The molecule has 6 nitrogen and oxygen atoms in total. The summed E-state index contributed by atoms with van der Waals surface area (Å²) >= 11 is 0. The molecule has 0 unspecified atom stereocenters. The minimum absolute atomic E-state index is 0.230. The average Bonchev–Trinajstić information content (AvgIpc) is 2.63. The van der Waals surface area contributed by atoms with Gasteiger partial charge in [0, 0.05) is 12.4 Å². The smallest absolute Gasteiger partial charge is 0.274 e. The number of fused-ring (bicyclic) bond motifs is 1. The summed E-state index contributed by atoms with van der Waals surface area (Å²) in [4.78, 5) is 26.0. The van der Waals surface area contributed by atoms with Gasteiger partial charge in [-0.05, 0) is 25.1 Å². The molecule has 0 radical (unpaired) electrons. The number of rotatable bonds is 5. The lowest BCUT2D eigenvalue weighted by molar-refractivity contribution is 0.0769. The van der Waals surface area contributed by atoms with Crippen LogP contribution in [0.2, 0.25) is 0 Å². The highest BCUT2D eigenvalue weighted by Crippen LogP contribution is 2.14. The van der Waals surface area contributed by atoms with E-state index in [0.717, 1.165) is 11.3 Å². The van der Waals surface area contributed by atoms with Crippen LogP contribution in [0.4, 0.5) is 0 Å². The zero-order valence-electron chi connectivity index (χ0n) is 14.2. The molecule has 0 fully saturated rings. The Morgan fingerprint density at radius 2 is 1.80 bits per heavy atom. The summed E-state index contributed by atoms with van der Waals surface area (Å²) in [7, 11) is 1.68. The minimum atomic E-state index is -0.308. The van der Waals surface area contributed by atoms with Gasteiger partial charge in [-0.1, -0.05) is 35.9 Å². The van der Waals surface area contributed by atoms with E-state index in [2.05, 4.69) is 10.2 Å². The molecular weight excluding hydrogens is 318 g/mol. The molecule has 128 valence electrons. The first kappa shape index (κ1) is 16.7. The number of carbonyl (C=O) groups excluding carboxylic acids is 1. The summed E-state index contributed by atoms with van der Waals surface area (Å²) < 4.78 is 5.65. The molecule has 0 aliphatic rings. The Balaban J connectivity index is 1.69. The van der Waals surface area contributed by atoms with Gasteiger partial charge in [0.2, 0.25) is 0 Å². The number of benzene rings is 2. The second kappa shape index (κ2) is 7.17. The first-order valence-electron chi connectivity index (χ1n) is 7.98. The summed E-state index contributed by atoms with van der Waals surface area (Å²) in [6.45, 7) is 2.78. The zero-order chi connectivity index (χ0) is 17.8. The Labute approximate surface area is 145 Å². The molecule has 25 heavy (non-hydrogen) atoms. The van der Waals surface area contributed by atoms with E-state index < -0.39 is 0 Å². The molecule has 6 heteroatoms. The van der Waals surface area contributed by atoms with Crippen LogP contribution < -0.4 is 10.3 Å². The zero-order valence-corrected chi connectivity index (χ0v) is 14.2. The molecule has 0 bridgehead atoms. The van der Waals surface area contributed by atoms with Gasteiger partial charge in [0.05, 0.1) is 11.9 Å². The molecular formula is C19H19N3O3. The molecule has 1 heterocycles. The van der Waals surface area contributed by atoms with Crippen molar-refractivity contribution in [2.45, 2.75) is 6.92 Å². The Bertz CT molecular complexity index is 948. The number of aromatic amines is 1. The molecule has 0 atom stereocenters. The molecule has 1 aromatic heterocycles. The highest BCUT2D eigenvalue weighted by molar-refractivity contribution is 6.04. The lowest BCUT2D eigenvalue weighted by Crippen LogP contribution is -2.32. The first-order chi connectivity index (χ1) is 12.1. The Morgan fingerprint density at radius 3 is 2.52 bits per heavy atom. The molecule has 2 aromatic carbocycles. The Morgan fingerprint density at radius 1 is 1.12 bits per heavy atom. The van der Waals surface area contributed by atoms with E-state index in [1.165, 1.54) is 4.90 Å². The number of H-pyrrole nitrogens is 1. The van der Waals surface area contributed by atoms with Gasteiger partial charge in [0.1, 0.15) is 12.4 Å². The van der Waals surface area contributed by atoms with Gasteiger partial charge in [-0.15, -0.1) is 0 Å². The summed E-state index contributed by atoms with van der Waals surface area (Å²) in [5.74, 6) is 0.499. The van der Waals surface area contributed by atoms with Crippen molar-refractivity contribution in [2.75, 3.05) is 20.2 Å². The minimum Gasteiger partial charge on any atom is -0.492 e. The van der Waals surface area contributed by atoms with Crippen LogP contribution in [0.1, 0.15) is 16.1 Å². The van der Waals surface area contributed by atoms with E-state index in [9.17, 15) is 9.59 Å². The molecule has 0 aliphatic carbocycles. The summed E-state index contributed by atoms with van der Waals surface area (Å²) in [6, 6.07) is 14.7. The van der Waals surface area contributed by atoms with Crippen molar-refractivity contribution in [1.29, 1.82) is 0 Å². The molecule has 3 aromatic rings. The number of aromatic nitrogens is 2. The second-order valence-corrected chi connectivity index (χ2v) is 5.84. The highest BCUT2D eigenvalue weighted by Gasteiger charge is 2.17. The number of aryl methyl sites for hydroxylation is 1. The van der Waals surface area contributed by atoms with Crippen LogP contribution in [-0.4, -0.2) is 41.2 Å². The monoisotopic (exact) mass is 337 g/mol. The number of nitrogens with zero attached hydrogens (tertiary/aromatic N) is 2. The summed E-state index contributed by atoms with van der Waals surface area (Å²) in [5.41, 5.74) is 1.08. The van der Waals surface area contributed by atoms with Gasteiger partial charge in [-0.2, -0.15) is 5.10 Å². The standard InChI is InChI=1S/C19H19N3O3/c1-13-7-9-14(10-8-13)25-12-11-22(2)19(24)17-15-5-3-4-6-16(15)18(23)21-20-17/h3-10H,11-12H2,1-2H3,(H,21,23). The third kappa shape index (κ3) is 3.68. The van der Waals surface area contributed by atoms with Crippen molar-refractivity contribution in [3.8, 4) is 5.75 Å². The maximum absolute atomic E-state index is 12.6. The second-order valence-electron chi connectivity index (χ2n) is 5.84. The topological polar surface area (TPSA) is 75.3 Å². The predicted octanol–water partition coefficient (Wildman–Crippen LogP) is 2.38.